The van der Waals surface area contributed by atoms with Crippen LogP contribution in [0, 0.1) is 17.8 Å². The van der Waals surface area contributed by atoms with Gasteiger partial charge in [0.15, 0.2) is 0 Å². The maximum atomic E-state index is 10.7. The first kappa shape index (κ1) is 11.8. The molecule has 1 aliphatic carbocycles. The number of aliphatic hydroxyl groups is 1. The van der Waals surface area contributed by atoms with Gasteiger partial charge in [0.05, 0.1) is 5.60 Å². The normalized spacial score (nSPS) is 35.6. The van der Waals surface area contributed by atoms with Gasteiger partial charge in [0.25, 0.3) is 0 Å². The van der Waals surface area contributed by atoms with E-state index in [4.69, 9.17) is 0 Å². The fraction of sp³-hybridized carbons (Fsp3) is 0.846. The Morgan fingerprint density at radius 3 is 2.50 bits per heavy atom. The second-order valence-electron chi connectivity index (χ2n) is 5.11. The smallest absolute Gasteiger partial charge is 0.0737 e. The van der Waals surface area contributed by atoms with Crippen LogP contribution >= 0.6 is 0 Å². The largest absolute Gasteiger partial charge is 0.389 e. The molecule has 0 radical (unpaired) electrons. The van der Waals surface area contributed by atoms with Crippen molar-refractivity contribution in [2.24, 2.45) is 17.8 Å². The average molecular weight is 196 g/mol. The zero-order valence-electron chi connectivity index (χ0n) is 9.79. The van der Waals surface area contributed by atoms with Crippen molar-refractivity contribution in [2.75, 3.05) is 0 Å². The fourth-order valence-electron chi connectivity index (χ4n) is 2.89. The van der Waals surface area contributed by atoms with Gasteiger partial charge in [0.2, 0.25) is 0 Å². The molecule has 3 atom stereocenters. The predicted octanol–water partition coefficient (Wildman–Crippen LogP) is 3.39. The summed E-state index contributed by atoms with van der Waals surface area (Å²) in [6, 6.07) is 0. The first-order chi connectivity index (χ1) is 6.52. The molecule has 1 saturated carbocycles. The minimum atomic E-state index is -0.492. The van der Waals surface area contributed by atoms with E-state index in [9.17, 15) is 5.11 Å². The van der Waals surface area contributed by atoms with Crippen LogP contribution in [0.15, 0.2) is 12.7 Å². The Balaban J connectivity index is 2.84. The molecular formula is C13H24O. The van der Waals surface area contributed by atoms with Crippen LogP contribution in [0.1, 0.15) is 46.5 Å². The van der Waals surface area contributed by atoms with E-state index in [1.165, 1.54) is 12.8 Å². The highest BCUT2D eigenvalue weighted by Crippen LogP contribution is 2.43. The van der Waals surface area contributed by atoms with Gasteiger partial charge < -0.3 is 5.11 Å². The molecule has 1 rings (SSSR count). The van der Waals surface area contributed by atoms with Gasteiger partial charge in [-0.15, -0.1) is 6.58 Å². The van der Waals surface area contributed by atoms with Gasteiger partial charge in [0.1, 0.15) is 0 Å². The SMILES string of the molecule is C=C[C@@H](C)[C@]1(O)CCCC[C@H]1C(C)C. The summed E-state index contributed by atoms with van der Waals surface area (Å²) in [6.07, 6.45) is 6.46. The van der Waals surface area contributed by atoms with Crippen molar-refractivity contribution in [3.8, 4) is 0 Å². The summed E-state index contributed by atoms with van der Waals surface area (Å²) >= 11 is 0. The van der Waals surface area contributed by atoms with Crippen LogP contribution in [-0.2, 0) is 0 Å². The van der Waals surface area contributed by atoms with E-state index in [0.717, 1.165) is 12.8 Å². The molecule has 0 heterocycles. The molecule has 1 fully saturated rings. The van der Waals surface area contributed by atoms with Crippen LogP contribution in [0.2, 0.25) is 0 Å². The van der Waals surface area contributed by atoms with E-state index in [-0.39, 0.29) is 5.92 Å². The standard InChI is InChI=1S/C13H24O/c1-5-11(4)13(14)9-7-6-8-12(13)10(2)3/h5,10-12,14H,1,6-9H2,2-4H3/t11-,12+,13-/m1/s1. The van der Waals surface area contributed by atoms with Gasteiger partial charge in [-0.1, -0.05) is 39.7 Å². The second kappa shape index (κ2) is 4.48. The summed E-state index contributed by atoms with van der Waals surface area (Å²) in [5.74, 6) is 1.24. The Morgan fingerprint density at radius 1 is 1.36 bits per heavy atom. The van der Waals surface area contributed by atoms with E-state index in [1.807, 2.05) is 6.08 Å². The number of rotatable bonds is 3. The lowest BCUT2D eigenvalue weighted by atomic mass is 9.65. The molecule has 0 unspecified atom stereocenters. The Bertz CT molecular complexity index is 197. The van der Waals surface area contributed by atoms with Gasteiger partial charge >= 0.3 is 0 Å². The number of hydrogen-bond acceptors (Lipinski definition) is 1. The van der Waals surface area contributed by atoms with Crippen molar-refractivity contribution < 1.29 is 5.11 Å². The molecule has 0 aromatic heterocycles. The average Bonchev–Trinajstić information content (AvgIpc) is 2.16. The first-order valence-corrected chi connectivity index (χ1v) is 5.87. The van der Waals surface area contributed by atoms with E-state index >= 15 is 0 Å². The summed E-state index contributed by atoms with van der Waals surface area (Å²) in [5.41, 5.74) is -0.492. The summed E-state index contributed by atoms with van der Waals surface area (Å²) < 4.78 is 0. The zero-order chi connectivity index (χ0) is 10.8. The molecule has 14 heavy (non-hydrogen) atoms. The summed E-state index contributed by atoms with van der Waals surface area (Å²) in [4.78, 5) is 0. The highest BCUT2D eigenvalue weighted by atomic mass is 16.3. The molecule has 0 aromatic rings. The molecule has 0 aromatic carbocycles. The molecule has 0 aliphatic heterocycles. The Kier molecular flexibility index (Phi) is 3.77. The van der Waals surface area contributed by atoms with Crippen molar-refractivity contribution in [3.05, 3.63) is 12.7 Å². The minimum absolute atomic E-state index is 0.218. The van der Waals surface area contributed by atoms with E-state index in [2.05, 4.69) is 27.4 Å². The summed E-state index contributed by atoms with van der Waals surface area (Å²) in [7, 11) is 0. The molecule has 1 N–H and O–H groups in total. The fourth-order valence-corrected chi connectivity index (χ4v) is 2.89. The molecule has 82 valence electrons. The molecule has 0 saturated heterocycles. The first-order valence-electron chi connectivity index (χ1n) is 5.87. The lowest BCUT2D eigenvalue weighted by Gasteiger charge is -2.45. The molecular weight excluding hydrogens is 172 g/mol. The zero-order valence-corrected chi connectivity index (χ0v) is 9.79. The second-order valence-corrected chi connectivity index (χ2v) is 5.11. The third-order valence-corrected chi connectivity index (χ3v) is 3.93. The predicted molar refractivity (Wildman–Crippen MR) is 61.1 cm³/mol. The van der Waals surface area contributed by atoms with Crippen LogP contribution in [0.5, 0.6) is 0 Å². The topological polar surface area (TPSA) is 20.2 Å². The van der Waals surface area contributed by atoms with Gasteiger partial charge in [-0.25, -0.2) is 0 Å². The third kappa shape index (κ3) is 2.03. The Morgan fingerprint density at radius 2 is 2.00 bits per heavy atom. The number of hydrogen-bond donors (Lipinski definition) is 1. The van der Waals surface area contributed by atoms with Gasteiger partial charge in [-0.2, -0.15) is 0 Å². The van der Waals surface area contributed by atoms with E-state index in [0.29, 0.717) is 11.8 Å². The molecule has 0 bridgehead atoms. The lowest BCUT2D eigenvalue weighted by Crippen LogP contribution is -2.47. The molecule has 1 aliphatic rings. The molecule has 1 nitrogen and oxygen atoms in total. The van der Waals surface area contributed by atoms with Crippen LogP contribution in [-0.4, -0.2) is 10.7 Å². The maximum Gasteiger partial charge on any atom is 0.0737 e. The molecule has 0 spiro atoms. The quantitative estimate of drug-likeness (QED) is 0.686. The van der Waals surface area contributed by atoms with Gasteiger partial charge in [-0.3, -0.25) is 0 Å². The van der Waals surface area contributed by atoms with Crippen LogP contribution in [0.3, 0.4) is 0 Å². The summed E-state index contributed by atoms with van der Waals surface area (Å²) in [6.45, 7) is 10.3. The minimum Gasteiger partial charge on any atom is -0.389 e. The summed E-state index contributed by atoms with van der Waals surface area (Å²) in [5, 5.41) is 10.7. The Labute approximate surface area is 88.2 Å². The molecule has 0 amide bonds. The van der Waals surface area contributed by atoms with Gasteiger partial charge in [-0.05, 0) is 24.7 Å². The van der Waals surface area contributed by atoms with Crippen molar-refractivity contribution in [1.29, 1.82) is 0 Å². The Hall–Kier alpha value is -0.300. The van der Waals surface area contributed by atoms with Crippen LogP contribution in [0.4, 0.5) is 0 Å². The highest BCUT2D eigenvalue weighted by Gasteiger charge is 2.43. The van der Waals surface area contributed by atoms with Crippen molar-refractivity contribution >= 4 is 0 Å². The van der Waals surface area contributed by atoms with E-state index < -0.39 is 5.60 Å². The monoisotopic (exact) mass is 196 g/mol. The maximum absolute atomic E-state index is 10.7. The van der Waals surface area contributed by atoms with Crippen molar-refractivity contribution in [3.63, 3.8) is 0 Å². The van der Waals surface area contributed by atoms with Crippen molar-refractivity contribution in [1.82, 2.24) is 0 Å². The van der Waals surface area contributed by atoms with Crippen LogP contribution in [0.25, 0.3) is 0 Å². The molecule has 1 heteroatoms. The van der Waals surface area contributed by atoms with Gasteiger partial charge in [0, 0.05) is 5.92 Å². The van der Waals surface area contributed by atoms with Crippen molar-refractivity contribution in [2.45, 2.75) is 52.1 Å². The highest BCUT2D eigenvalue weighted by molar-refractivity contribution is 5.00. The lowest BCUT2D eigenvalue weighted by molar-refractivity contribution is -0.0919. The van der Waals surface area contributed by atoms with Crippen LogP contribution < -0.4 is 0 Å². The third-order valence-electron chi connectivity index (χ3n) is 3.93. The van der Waals surface area contributed by atoms with E-state index in [1.54, 1.807) is 0 Å².